The largest absolute Gasteiger partial charge is 0.483 e. The van der Waals surface area contributed by atoms with Crippen LogP contribution in [-0.4, -0.2) is 75.7 Å². The molecule has 3 N–H and O–H groups in total. The number of piperidine rings is 1. The van der Waals surface area contributed by atoms with Gasteiger partial charge in [-0.05, 0) is 24.6 Å². The lowest BCUT2D eigenvalue weighted by atomic mass is 10.0. The van der Waals surface area contributed by atoms with Gasteiger partial charge in [0.2, 0.25) is 0 Å². The number of aromatic nitrogens is 2. The van der Waals surface area contributed by atoms with E-state index in [0.29, 0.717) is 23.7 Å². The molecular weight excluding hydrogens is 400 g/mol. The molecule has 0 radical (unpaired) electrons. The summed E-state index contributed by atoms with van der Waals surface area (Å²) in [6.45, 7) is 2.60. The molecule has 0 spiro atoms. The second-order valence-electron chi connectivity index (χ2n) is 6.42. The van der Waals surface area contributed by atoms with Crippen molar-refractivity contribution in [3.8, 4) is 5.75 Å². The van der Waals surface area contributed by atoms with E-state index in [4.69, 9.17) is 26.2 Å². The van der Waals surface area contributed by atoms with Gasteiger partial charge in [0.05, 0.1) is 23.7 Å². The van der Waals surface area contributed by atoms with Crippen LogP contribution in [-0.2, 0) is 16.1 Å². The summed E-state index contributed by atoms with van der Waals surface area (Å²) < 4.78 is 7.32. The summed E-state index contributed by atoms with van der Waals surface area (Å²) in [5.74, 6) is 0.192. The number of ether oxygens (including phenoxy) is 1. The zero-order chi connectivity index (χ0) is 21.1. The summed E-state index contributed by atoms with van der Waals surface area (Å²) >= 11 is 6.01. The Morgan fingerprint density at radius 1 is 1.34 bits per heavy atom. The average molecular weight is 425 g/mol. The van der Waals surface area contributed by atoms with Gasteiger partial charge < -0.3 is 20.3 Å². The molecule has 1 fully saturated rings. The van der Waals surface area contributed by atoms with Gasteiger partial charge in [-0.25, -0.2) is 0 Å². The van der Waals surface area contributed by atoms with Gasteiger partial charge in [0.15, 0.2) is 6.61 Å². The molecule has 1 amide bonds. The fourth-order valence-electron chi connectivity index (χ4n) is 2.98. The zero-order valence-corrected chi connectivity index (χ0v) is 16.6. The van der Waals surface area contributed by atoms with Crippen molar-refractivity contribution in [2.45, 2.75) is 25.1 Å². The van der Waals surface area contributed by atoms with Crippen LogP contribution in [0.3, 0.4) is 0 Å². The first-order chi connectivity index (χ1) is 14.0. The molecule has 2 aromatic rings. The number of aliphatic hydroxyl groups excluding tert-OH is 1. The van der Waals surface area contributed by atoms with Gasteiger partial charge in [-0.1, -0.05) is 23.7 Å². The minimum Gasteiger partial charge on any atom is -0.483 e. The first kappa shape index (κ1) is 22.7. The van der Waals surface area contributed by atoms with Crippen LogP contribution in [0.4, 0.5) is 0 Å². The smallest absolute Gasteiger partial charge is 0.290 e. The minimum atomic E-state index is -0.555. The molecule has 0 aliphatic carbocycles. The number of rotatable bonds is 7. The Labute approximate surface area is 173 Å². The van der Waals surface area contributed by atoms with Crippen molar-refractivity contribution >= 4 is 24.0 Å². The fourth-order valence-corrected chi connectivity index (χ4v) is 3.17. The van der Waals surface area contributed by atoms with Crippen LogP contribution in [0, 0.1) is 0 Å². The second kappa shape index (κ2) is 12.1. The summed E-state index contributed by atoms with van der Waals surface area (Å²) in [5.41, 5.74) is 0. The van der Waals surface area contributed by atoms with E-state index >= 15 is 0 Å². The van der Waals surface area contributed by atoms with Crippen LogP contribution in [0.2, 0.25) is 5.02 Å². The summed E-state index contributed by atoms with van der Waals surface area (Å²) in [4.78, 5) is 22.7. The number of hydrogen-bond donors (Lipinski definition) is 3. The Balaban J connectivity index is 0.000000941. The molecule has 1 aliphatic rings. The first-order valence-corrected chi connectivity index (χ1v) is 9.53. The Kier molecular flexibility index (Phi) is 9.42. The van der Waals surface area contributed by atoms with E-state index in [1.807, 2.05) is 16.9 Å². The van der Waals surface area contributed by atoms with E-state index in [1.54, 1.807) is 30.5 Å². The number of carboxylic acid groups (broad SMARTS) is 1. The summed E-state index contributed by atoms with van der Waals surface area (Å²) in [6.07, 6.45) is 3.74. The topological polar surface area (TPSA) is 117 Å². The van der Waals surface area contributed by atoms with E-state index in [1.165, 1.54) is 0 Å². The number of carbonyl (C=O) groups excluding carboxylic acids is 1. The van der Waals surface area contributed by atoms with Gasteiger partial charge in [-0.2, -0.15) is 5.10 Å². The zero-order valence-electron chi connectivity index (χ0n) is 15.9. The molecule has 2 atom stereocenters. The number of amides is 1. The van der Waals surface area contributed by atoms with Crippen molar-refractivity contribution in [1.82, 2.24) is 20.0 Å². The van der Waals surface area contributed by atoms with Gasteiger partial charge in [-0.3, -0.25) is 19.2 Å². The van der Waals surface area contributed by atoms with Gasteiger partial charge in [0.1, 0.15) is 5.75 Å². The lowest BCUT2D eigenvalue weighted by Crippen LogP contribution is -2.56. The van der Waals surface area contributed by atoms with Crippen LogP contribution < -0.4 is 10.1 Å². The Morgan fingerprint density at radius 2 is 2.10 bits per heavy atom. The van der Waals surface area contributed by atoms with Crippen molar-refractivity contribution in [3.05, 3.63) is 47.7 Å². The van der Waals surface area contributed by atoms with Crippen molar-refractivity contribution in [3.63, 3.8) is 0 Å². The molecule has 1 aliphatic heterocycles. The predicted molar refractivity (Wildman–Crippen MR) is 107 cm³/mol. The minimum absolute atomic E-state index is 0.139. The SMILES string of the molecule is O=C(COc1ccccc1Cl)N[C@@H]1CN(CCn2cccn2)CC[C@H]1O.O=CO. The van der Waals surface area contributed by atoms with Crippen LogP contribution in [0.25, 0.3) is 0 Å². The third kappa shape index (κ3) is 7.72. The highest BCUT2D eigenvalue weighted by Crippen LogP contribution is 2.22. The van der Waals surface area contributed by atoms with E-state index < -0.39 is 6.10 Å². The number of carbonyl (C=O) groups is 2. The number of aliphatic hydroxyl groups is 1. The van der Waals surface area contributed by atoms with Crippen molar-refractivity contribution in [2.24, 2.45) is 0 Å². The highest BCUT2D eigenvalue weighted by atomic mass is 35.5. The lowest BCUT2D eigenvalue weighted by Gasteiger charge is -2.36. The molecule has 1 aromatic carbocycles. The molecule has 9 nitrogen and oxygen atoms in total. The Hall–Kier alpha value is -2.62. The molecule has 10 heteroatoms. The maximum absolute atomic E-state index is 12.2. The summed E-state index contributed by atoms with van der Waals surface area (Å²) in [6, 6.07) is 8.58. The predicted octanol–water partition coefficient (Wildman–Crippen LogP) is 0.868. The number of likely N-dealkylation sites (tertiary alicyclic amines) is 1. The number of nitrogens with zero attached hydrogens (tertiary/aromatic N) is 3. The highest BCUT2D eigenvalue weighted by Gasteiger charge is 2.28. The van der Waals surface area contributed by atoms with Gasteiger partial charge >= 0.3 is 0 Å². The van der Waals surface area contributed by atoms with E-state index in [9.17, 15) is 9.90 Å². The molecule has 29 heavy (non-hydrogen) atoms. The molecule has 0 unspecified atom stereocenters. The van der Waals surface area contributed by atoms with E-state index in [-0.39, 0.29) is 25.0 Å². The van der Waals surface area contributed by atoms with E-state index in [2.05, 4.69) is 15.3 Å². The third-order valence-electron chi connectivity index (χ3n) is 4.41. The number of para-hydroxylation sites is 1. The number of halogens is 1. The van der Waals surface area contributed by atoms with E-state index in [0.717, 1.165) is 19.6 Å². The van der Waals surface area contributed by atoms with Crippen molar-refractivity contribution in [2.75, 3.05) is 26.2 Å². The van der Waals surface area contributed by atoms with Crippen LogP contribution >= 0.6 is 11.6 Å². The standard InChI is InChI=1S/C18H23ClN4O3.CH2O2/c19-14-4-1-2-5-17(14)26-13-18(25)21-15-12-22(9-6-16(15)24)10-11-23-8-3-7-20-23;2-1-3/h1-5,7-8,15-16,24H,6,9-13H2,(H,21,25);1H,(H,2,3)/t15-,16-;/m1./s1. The molecule has 3 rings (SSSR count). The van der Waals surface area contributed by atoms with Gasteiger partial charge in [-0.15, -0.1) is 0 Å². The summed E-state index contributed by atoms with van der Waals surface area (Å²) in [7, 11) is 0. The molecule has 0 saturated carbocycles. The van der Waals surface area contributed by atoms with Gasteiger partial charge in [0.25, 0.3) is 12.4 Å². The monoisotopic (exact) mass is 424 g/mol. The first-order valence-electron chi connectivity index (χ1n) is 9.16. The maximum atomic E-state index is 12.2. The molecule has 2 heterocycles. The third-order valence-corrected chi connectivity index (χ3v) is 4.72. The van der Waals surface area contributed by atoms with Crippen LogP contribution in [0.15, 0.2) is 42.7 Å². The molecule has 158 valence electrons. The number of nitrogens with one attached hydrogen (secondary N) is 1. The van der Waals surface area contributed by atoms with Crippen LogP contribution in [0.5, 0.6) is 5.75 Å². The normalized spacial score (nSPS) is 19.0. The lowest BCUT2D eigenvalue weighted by molar-refractivity contribution is -0.125. The highest BCUT2D eigenvalue weighted by molar-refractivity contribution is 6.32. The number of hydrogen-bond acceptors (Lipinski definition) is 6. The molecule has 1 aromatic heterocycles. The van der Waals surface area contributed by atoms with Crippen molar-refractivity contribution < 1.29 is 24.5 Å². The fraction of sp³-hybridized carbons (Fsp3) is 0.421. The van der Waals surface area contributed by atoms with Crippen LogP contribution in [0.1, 0.15) is 6.42 Å². The molecule has 1 saturated heterocycles. The van der Waals surface area contributed by atoms with Gasteiger partial charge in [0, 0.05) is 32.0 Å². The summed E-state index contributed by atoms with van der Waals surface area (Å²) in [5, 5.41) is 24.6. The number of benzene rings is 1. The molecule has 0 bridgehead atoms. The average Bonchev–Trinajstić information content (AvgIpc) is 3.22. The Morgan fingerprint density at radius 3 is 2.79 bits per heavy atom. The van der Waals surface area contributed by atoms with Crippen molar-refractivity contribution in [1.29, 1.82) is 0 Å². The quantitative estimate of drug-likeness (QED) is 0.564. The maximum Gasteiger partial charge on any atom is 0.290 e. The Bertz CT molecular complexity index is 759. The molecular formula is C19H25ClN4O5. The second-order valence-corrected chi connectivity index (χ2v) is 6.83.